The van der Waals surface area contributed by atoms with Crippen LogP contribution in [0.15, 0.2) is 25.9 Å². The van der Waals surface area contributed by atoms with E-state index in [1.54, 1.807) is 0 Å². The molecule has 0 saturated carbocycles. The van der Waals surface area contributed by atoms with E-state index in [0.717, 1.165) is 34.4 Å². The van der Waals surface area contributed by atoms with E-state index >= 15 is 0 Å². The molecule has 0 aliphatic rings. The molecule has 0 spiro atoms. The van der Waals surface area contributed by atoms with Gasteiger partial charge in [-0.05, 0) is 50.6 Å². The maximum Gasteiger partial charge on any atom is 0.183 e. The molecule has 146 valence electrons. The van der Waals surface area contributed by atoms with Crippen molar-refractivity contribution in [3.8, 4) is 11.5 Å². The molecule has 0 saturated heterocycles. The second-order valence-electron chi connectivity index (χ2n) is 7.45. The highest BCUT2D eigenvalue weighted by Crippen LogP contribution is 2.37. The third kappa shape index (κ3) is 6.90. The van der Waals surface area contributed by atoms with Crippen LogP contribution in [0.25, 0.3) is 11.5 Å². The third-order valence-electron chi connectivity index (χ3n) is 4.82. The van der Waals surface area contributed by atoms with Gasteiger partial charge in [0.25, 0.3) is 0 Å². The minimum atomic E-state index is 0.890. The fraction of sp³-hybridized carbons (Fsp3) is 0.652. The minimum absolute atomic E-state index is 0.890. The van der Waals surface area contributed by atoms with Crippen molar-refractivity contribution < 1.29 is 8.83 Å². The van der Waals surface area contributed by atoms with E-state index in [1.165, 1.54) is 69.1 Å². The summed E-state index contributed by atoms with van der Waals surface area (Å²) in [6, 6.07) is 4.22. The Morgan fingerprint density at radius 1 is 0.692 bits per heavy atom. The summed E-state index contributed by atoms with van der Waals surface area (Å²) in [5.41, 5.74) is 1.15. The third-order valence-corrected chi connectivity index (χ3v) is 5.93. The zero-order valence-electron chi connectivity index (χ0n) is 17.2. The normalized spacial score (nSPS) is 11.4. The summed E-state index contributed by atoms with van der Waals surface area (Å²) in [4.78, 5) is 1.22. The van der Waals surface area contributed by atoms with Crippen molar-refractivity contribution in [3.63, 3.8) is 0 Å². The predicted molar refractivity (Wildman–Crippen MR) is 113 cm³/mol. The molecule has 3 heteroatoms. The SMILES string of the molecule is CCCCCCCCCCCCSc1cc(C)oc1-c1oc(C)cc1C. The monoisotopic (exact) mass is 376 g/mol. The Hall–Kier alpha value is -1.09. The van der Waals surface area contributed by atoms with E-state index in [-0.39, 0.29) is 0 Å². The van der Waals surface area contributed by atoms with Gasteiger partial charge < -0.3 is 8.83 Å². The molecular formula is C23H36O2S. The van der Waals surface area contributed by atoms with Gasteiger partial charge in [0.1, 0.15) is 11.5 Å². The Labute approximate surface area is 164 Å². The highest BCUT2D eigenvalue weighted by atomic mass is 32.2. The molecule has 2 aromatic heterocycles. The van der Waals surface area contributed by atoms with Crippen molar-refractivity contribution >= 4 is 11.8 Å². The van der Waals surface area contributed by atoms with Crippen LogP contribution >= 0.6 is 11.8 Å². The topological polar surface area (TPSA) is 26.3 Å². The fourth-order valence-corrected chi connectivity index (χ4v) is 4.48. The second-order valence-corrected chi connectivity index (χ2v) is 8.59. The van der Waals surface area contributed by atoms with Crippen molar-refractivity contribution in [1.29, 1.82) is 0 Å². The first-order valence-electron chi connectivity index (χ1n) is 10.4. The number of unbranched alkanes of at least 4 members (excludes halogenated alkanes) is 9. The average molecular weight is 377 g/mol. The van der Waals surface area contributed by atoms with Gasteiger partial charge >= 0.3 is 0 Å². The van der Waals surface area contributed by atoms with E-state index in [0.29, 0.717) is 0 Å². The lowest BCUT2D eigenvalue weighted by Crippen LogP contribution is -1.84. The Kier molecular flexibility index (Phi) is 9.45. The highest BCUT2D eigenvalue weighted by molar-refractivity contribution is 7.99. The minimum Gasteiger partial charge on any atom is -0.458 e. The highest BCUT2D eigenvalue weighted by Gasteiger charge is 2.17. The van der Waals surface area contributed by atoms with Crippen molar-refractivity contribution in [2.75, 3.05) is 5.75 Å². The van der Waals surface area contributed by atoms with Gasteiger partial charge in [-0.2, -0.15) is 0 Å². The first-order chi connectivity index (χ1) is 12.6. The summed E-state index contributed by atoms with van der Waals surface area (Å²) >= 11 is 1.90. The lowest BCUT2D eigenvalue weighted by atomic mass is 10.1. The van der Waals surface area contributed by atoms with Gasteiger partial charge in [-0.25, -0.2) is 0 Å². The van der Waals surface area contributed by atoms with E-state index < -0.39 is 0 Å². The molecular weight excluding hydrogens is 340 g/mol. The van der Waals surface area contributed by atoms with Gasteiger partial charge in [0.2, 0.25) is 0 Å². The average Bonchev–Trinajstić information content (AvgIpc) is 3.13. The molecule has 0 N–H and O–H groups in total. The Morgan fingerprint density at radius 2 is 1.23 bits per heavy atom. The molecule has 0 aliphatic carbocycles. The van der Waals surface area contributed by atoms with Crippen LogP contribution in [-0.4, -0.2) is 5.75 Å². The molecule has 0 radical (unpaired) electrons. The number of hydrogen-bond acceptors (Lipinski definition) is 3. The van der Waals surface area contributed by atoms with Crippen LogP contribution < -0.4 is 0 Å². The van der Waals surface area contributed by atoms with E-state index in [2.05, 4.69) is 26.0 Å². The Bertz CT molecular complexity index is 639. The van der Waals surface area contributed by atoms with E-state index in [1.807, 2.05) is 25.6 Å². The summed E-state index contributed by atoms with van der Waals surface area (Å²) in [6.07, 6.45) is 13.8. The van der Waals surface area contributed by atoms with Crippen molar-refractivity contribution in [3.05, 3.63) is 29.2 Å². The summed E-state index contributed by atoms with van der Waals surface area (Å²) in [7, 11) is 0. The summed E-state index contributed by atoms with van der Waals surface area (Å²) in [5.74, 6) is 4.85. The van der Waals surface area contributed by atoms with Crippen molar-refractivity contribution in [2.45, 2.75) is 96.8 Å². The number of hydrogen-bond donors (Lipinski definition) is 0. The standard InChI is InChI=1S/C23H36O2S/c1-5-6-7-8-9-10-11-12-13-14-15-26-21-17-20(4)25-23(21)22-18(2)16-19(3)24-22/h16-17H,5-15H2,1-4H3. The number of rotatable bonds is 13. The smallest absolute Gasteiger partial charge is 0.183 e. The molecule has 2 aromatic rings. The molecule has 0 aliphatic heterocycles. The van der Waals surface area contributed by atoms with Gasteiger partial charge in [0.15, 0.2) is 11.5 Å². The quantitative estimate of drug-likeness (QED) is 0.259. The van der Waals surface area contributed by atoms with Gasteiger partial charge in [-0.3, -0.25) is 0 Å². The Morgan fingerprint density at radius 3 is 1.81 bits per heavy atom. The van der Waals surface area contributed by atoms with Crippen molar-refractivity contribution in [2.24, 2.45) is 0 Å². The van der Waals surface area contributed by atoms with Crippen LogP contribution in [0, 0.1) is 20.8 Å². The van der Waals surface area contributed by atoms with Crippen LogP contribution in [0.4, 0.5) is 0 Å². The maximum atomic E-state index is 5.93. The molecule has 0 unspecified atom stereocenters. The molecule has 0 aromatic carbocycles. The lowest BCUT2D eigenvalue weighted by molar-refractivity contribution is 0.490. The Balaban J connectivity index is 1.65. The number of furan rings is 2. The maximum absolute atomic E-state index is 5.93. The van der Waals surface area contributed by atoms with Crippen LogP contribution in [0.1, 0.15) is 88.2 Å². The molecule has 2 nitrogen and oxygen atoms in total. The molecule has 2 heterocycles. The largest absolute Gasteiger partial charge is 0.458 e. The fourth-order valence-electron chi connectivity index (χ4n) is 3.39. The predicted octanol–water partition coefficient (Wildman–Crippen LogP) is 8.48. The van der Waals surface area contributed by atoms with Crippen LogP contribution in [0.3, 0.4) is 0 Å². The summed E-state index contributed by atoms with van der Waals surface area (Å²) < 4.78 is 11.8. The summed E-state index contributed by atoms with van der Waals surface area (Å²) in [5, 5.41) is 0. The van der Waals surface area contributed by atoms with Crippen LogP contribution in [0.5, 0.6) is 0 Å². The van der Waals surface area contributed by atoms with E-state index in [9.17, 15) is 0 Å². The van der Waals surface area contributed by atoms with Gasteiger partial charge in [-0.1, -0.05) is 64.7 Å². The molecule has 26 heavy (non-hydrogen) atoms. The van der Waals surface area contributed by atoms with Crippen molar-refractivity contribution in [1.82, 2.24) is 0 Å². The van der Waals surface area contributed by atoms with Crippen LogP contribution in [-0.2, 0) is 0 Å². The molecule has 0 amide bonds. The zero-order valence-corrected chi connectivity index (χ0v) is 18.0. The number of aryl methyl sites for hydroxylation is 3. The van der Waals surface area contributed by atoms with Crippen LogP contribution in [0.2, 0.25) is 0 Å². The molecule has 0 atom stereocenters. The van der Waals surface area contributed by atoms with E-state index in [4.69, 9.17) is 8.83 Å². The van der Waals surface area contributed by atoms with Gasteiger partial charge in [-0.15, -0.1) is 11.8 Å². The molecule has 0 fully saturated rings. The zero-order chi connectivity index (χ0) is 18.8. The molecule has 0 bridgehead atoms. The first-order valence-corrected chi connectivity index (χ1v) is 11.4. The van der Waals surface area contributed by atoms with Gasteiger partial charge in [0.05, 0.1) is 4.90 Å². The number of thioether (sulfide) groups is 1. The van der Waals surface area contributed by atoms with Gasteiger partial charge in [0, 0.05) is 0 Å². The summed E-state index contributed by atoms with van der Waals surface area (Å²) in [6.45, 7) is 8.37. The lowest BCUT2D eigenvalue weighted by Gasteiger charge is -2.03. The second kappa shape index (κ2) is 11.6. The first kappa shape index (κ1) is 21.2. The molecule has 2 rings (SSSR count).